The minimum absolute atomic E-state index is 0.669. The van der Waals surface area contributed by atoms with Crippen molar-refractivity contribution in [2.75, 3.05) is 20.8 Å². The Hall–Kier alpha value is -2.69. The summed E-state index contributed by atoms with van der Waals surface area (Å²) in [4.78, 5) is 4.26. The number of hydrogen-bond acceptors (Lipinski definition) is 4. The molecule has 2 N–H and O–H groups in total. The molecule has 2 heterocycles. The van der Waals surface area contributed by atoms with Crippen LogP contribution in [-0.2, 0) is 6.42 Å². The molecule has 0 saturated heterocycles. The first-order valence-electron chi connectivity index (χ1n) is 8.35. The number of aliphatic imine (C=N–C) groups is 1. The molecule has 5 nitrogen and oxygen atoms in total. The molecule has 0 spiro atoms. The van der Waals surface area contributed by atoms with Gasteiger partial charge in [0.05, 0.1) is 20.1 Å². The summed E-state index contributed by atoms with van der Waals surface area (Å²) >= 11 is 0. The molecular formula is C20H26N2O3. The van der Waals surface area contributed by atoms with Gasteiger partial charge in [0.1, 0.15) is 5.75 Å². The molecule has 0 unspecified atom stereocenters. The Kier molecular flexibility index (Phi) is 6.69. The van der Waals surface area contributed by atoms with Crippen LogP contribution < -0.4 is 19.9 Å². The van der Waals surface area contributed by atoms with E-state index in [4.69, 9.17) is 19.9 Å². The first-order chi connectivity index (χ1) is 12.1. The van der Waals surface area contributed by atoms with E-state index >= 15 is 0 Å². The average Bonchev–Trinajstić information content (AvgIpc) is 2.59. The zero-order valence-electron chi connectivity index (χ0n) is 15.3. The van der Waals surface area contributed by atoms with E-state index in [0.29, 0.717) is 5.75 Å². The topological polar surface area (TPSA) is 66.1 Å². The fourth-order valence-electron chi connectivity index (χ4n) is 2.45. The van der Waals surface area contributed by atoms with Crippen LogP contribution in [0.3, 0.4) is 0 Å². The predicted octanol–water partition coefficient (Wildman–Crippen LogP) is 4.11. The Balaban J connectivity index is 0.000000185. The lowest BCUT2D eigenvalue weighted by atomic mass is 10.1. The SMILES string of the molecule is CCCN=C(N)Cc1cccc(C)c1.COc1cc2cc(c1OC)O2. The molecule has 2 aromatic carbocycles. The maximum atomic E-state index is 5.79. The molecule has 2 bridgehead atoms. The van der Waals surface area contributed by atoms with Crippen LogP contribution in [-0.4, -0.2) is 26.6 Å². The number of methoxy groups -OCH3 is 2. The fourth-order valence-corrected chi connectivity index (χ4v) is 2.45. The lowest BCUT2D eigenvalue weighted by Crippen LogP contribution is -2.15. The van der Waals surface area contributed by atoms with Crippen LogP contribution in [0.2, 0.25) is 0 Å². The van der Waals surface area contributed by atoms with Crippen molar-refractivity contribution in [2.45, 2.75) is 26.7 Å². The van der Waals surface area contributed by atoms with Gasteiger partial charge in [0, 0.05) is 25.1 Å². The second-order valence-electron chi connectivity index (χ2n) is 5.80. The molecule has 4 rings (SSSR count). The van der Waals surface area contributed by atoms with Crippen LogP contribution in [0, 0.1) is 6.92 Å². The van der Waals surface area contributed by atoms with E-state index in [-0.39, 0.29) is 0 Å². The first-order valence-corrected chi connectivity index (χ1v) is 8.35. The number of fused-ring (bicyclic) bond motifs is 2. The molecule has 134 valence electrons. The molecule has 0 amide bonds. The Morgan fingerprint density at radius 1 is 1.16 bits per heavy atom. The van der Waals surface area contributed by atoms with Crippen molar-refractivity contribution < 1.29 is 14.2 Å². The Morgan fingerprint density at radius 2 is 1.92 bits per heavy atom. The summed E-state index contributed by atoms with van der Waals surface area (Å²) in [5.41, 5.74) is 8.30. The van der Waals surface area contributed by atoms with E-state index in [1.165, 1.54) is 11.1 Å². The number of hydrogen-bond donors (Lipinski definition) is 1. The van der Waals surface area contributed by atoms with Crippen molar-refractivity contribution >= 4 is 5.84 Å². The van der Waals surface area contributed by atoms with Gasteiger partial charge in [-0.1, -0.05) is 36.8 Å². The van der Waals surface area contributed by atoms with Gasteiger partial charge in [0.25, 0.3) is 0 Å². The first kappa shape index (κ1) is 18.6. The third-order valence-corrected chi connectivity index (χ3v) is 3.65. The van der Waals surface area contributed by atoms with Gasteiger partial charge in [0.15, 0.2) is 11.5 Å². The van der Waals surface area contributed by atoms with E-state index in [1.807, 2.05) is 6.07 Å². The van der Waals surface area contributed by atoms with Gasteiger partial charge in [-0.3, -0.25) is 4.99 Å². The number of nitrogens with two attached hydrogens (primary N) is 1. The monoisotopic (exact) mass is 342 g/mol. The number of rotatable bonds is 6. The van der Waals surface area contributed by atoms with Gasteiger partial charge in [-0.15, -0.1) is 0 Å². The Bertz CT molecular complexity index is 742. The van der Waals surface area contributed by atoms with Crippen molar-refractivity contribution in [3.05, 3.63) is 47.5 Å². The van der Waals surface area contributed by atoms with Crippen LogP contribution in [0.5, 0.6) is 23.0 Å². The van der Waals surface area contributed by atoms with E-state index in [9.17, 15) is 0 Å². The van der Waals surface area contributed by atoms with Crippen LogP contribution in [0.1, 0.15) is 24.5 Å². The molecule has 0 aromatic heterocycles. The molecule has 2 aromatic rings. The maximum absolute atomic E-state index is 5.79. The average molecular weight is 342 g/mol. The summed E-state index contributed by atoms with van der Waals surface area (Å²) in [6, 6.07) is 12.1. The van der Waals surface area contributed by atoms with Crippen molar-refractivity contribution in [3.8, 4) is 23.0 Å². The van der Waals surface area contributed by atoms with Gasteiger partial charge in [-0.05, 0) is 18.9 Å². The van der Waals surface area contributed by atoms with Crippen molar-refractivity contribution in [3.63, 3.8) is 0 Å². The van der Waals surface area contributed by atoms with Crippen LogP contribution in [0.4, 0.5) is 0 Å². The molecule has 5 heteroatoms. The standard InChI is InChI=1S/C12H18N2.C8H8O3/c1-3-7-14-12(13)9-11-6-4-5-10(2)8-11;1-9-6-3-5-4-7(11-5)8(6)10-2/h4-6,8H,3,7,9H2,1-2H3,(H2,13,14);3-4H,1-2H3. The second kappa shape index (κ2) is 8.97. The number of amidine groups is 1. The van der Waals surface area contributed by atoms with Crippen molar-refractivity contribution in [1.82, 2.24) is 0 Å². The summed E-state index contributed by atoms with van der Waals surface area (Å²) < 4.78 is 15.3. The normalized spacial score (nSPS) is 11.6. The Labute approximate surface area is 149 Å². The molecule has 25 heavy (non-hydrogen) atoms. The molecule has 0 aliphatic carbocycles. The van der Waals surface area contributed by atoms with Crippen molar-refractivity contribution in [2.24, 2.45) is 10.7 Å². The van der Waals surface area contributed by atoms with Gasteiger partial charge in [-0.25, -0.2) is 0 Å². The molecule has 0 radical (unpaired) electrons. The highest BCUT2D eigenvalue weighted by molar-refractivity contribution is 5.82. The molecule has 0 saturated carbocycles. The van der Waals surface area contributed by atoms with E-state index < -0.39 is 0 Å². The fraction of sp³-hybridized carbons (Fsp3) is 0.350. The smallest absolute Gasteiger partial charge is 0.204 e. The molecule has 0 fully saturated rings. The summed E-state index contributed by atoms with van der Waals surface area (Å²) in [5, 5.41) is 0. The third kappa shape index (κ3) is 5.14. The summed E-state index contributed by atoms with van der Waals surface area (Å²) in [7, 11) is 3.20. The van der Waals surface area contributed by atoms with E-state index in [2.05, 4.69) is 43.1 Å². The lowest BCUT2D eigenvalue weighted by molar-refractivity contribution is 0.316. The molecule has 0 atom stereocenters. The predicted molar refractivity (Wildman–Crippen MR) is 101 cm³/mol. The summed E-state index contributed by atoms with van der Waals surface area (Å²) in [6.07, 6.45) is 1.82. The molecule has 2 aliphatic heterocycles. The number of aryl methyl sites for hydroxylation is 1. The Morgan fingerprint density at radius 3 is 2.48 bits per heavy atom. The minimum atomic E-state index is 0.669. The lowest BCUT2D eigenvalue weighted by Gasteiger charge is -2.21. The highest BCUT2D eigenvalue weighted by Crippen LogP contribution is 2.49. The highest BCUT2D eigenvalue weighted by Gasteiger charge is 2.22. The quantitative estimate of drug-likeness (QED) is 0.541. The number of nitrogens with zero attached hydrogens (tertiary/aromatic N) is 1. The van der Waals surface area contributed by atoms with Crippen LogP contribution in [0.25, 0.3) is 0 Å². The zero-order chi connectivity index (χ0) is 18.2. The third-order valence-electron chi connectivity index (χ3n) is 3.65. The summed E-state index contributed by atoms with van der Waals surface area (Å²) in [5.74, 6) is 3.71. The van der Waals surface area contributed by atoms with Gasteiger partial charge < -0.3 is 19.9 Å². The van der Waals surface area contributed by atoms with Gasteiger partial charge in [0.2, 0.25) is 5.75 Å². The molecule has 2 aliphatic rings. The maximum Gasteiger partial charge on any atom is 0.204 e. The molecular weight excluding hydrogens is 316 g/mol. The van der Waals surface area contributed by atoms with E-state index in [0.717, 1.165) is 42.5 Å². The van der Waals surface area contributed by atoms with Crippen LogP contribution >= 0.6 is 0 Å². The van der Waals surface area contributed by atoms with Gasteiger partial charge in [-0.2, -0.15) is 0 Å². The highest BCUT2D eigenvalue weighted by atomic mass is 16.5. The summed E-state index contributed by atoms with van der Waals surface area (Å²) in [6.45, 7) is 5.02. The van der Waals surface area contributed by atoms with Gasteiger partial charge >= 0.3 is 0 Å². The van der Waals surface area contributed by atoms with E-state index in [1.54, 1.807) is 20.3 Å². The largest absolute Gasteiger partial charge is 0.493 e. The second-order valence-corrected chi connectivity index (χ2v) is 5.80. The minimum Gasteiger partial charge on any atom is -0.493 e. The number of ether oxygens (including phenoxy) is 3. The van der Waals surface area contributed by atoms with Crippen molar-refractivity contribution in [1.29, 1.82) is 0 Å². The zero-order valence-corrected chi connectivity index (χ0v) is 15.3. The number of benzene rings is 2. The van der Waals surface area contributed by atoms with Crippen LogP contribution in [0.15, 0.2) is 41.4 Å².